The summed E-state index contributed by atoms with van der Waals surface area (Å²) >= 11 is 19.1. The first kappa shape index (κ1) is 23.8. The van der Waals surface area contributed by atoms with Crippen LogP contribution in [-0.2, 0) is 16.1 Å². The molecule has 0 amide bonds. The monoisotopic (exact) mass is 609 g/mol. The zero-order chi connectivity index (χ0) is 23.5. The van der Waals surface area contributed by atoms with Gasteiger partial charge in [0.2, 0.25) is 5.90 Å². The number of rotatable bonds is 6. The van der Waals surface area contributed by atoms with Crippen molar-refractivity contribution in [1.82, 2.24) is 0 Å². The van der Waals surface area contributed by atoms with E-state index < -0.39 is 5.97 Å². The molecule has 0 aliphatic carbocycles. The molecule has 33 heavy (non-hydrogen) atoms. The number of hydrogen-bond acceptors (Lipinski definition) is 5. The molecule has 3 aromatic rings. The fourth-order valence-corrected chi connectivity index (χ4v) is 4.37. The molecule has 5 nitrogen and oxygen atoms in total. The number of methoxy groups -OCH3 is 1. The number of aliphatic imine (C=N–C) groups is 1. The van der Waals surface area contributed by atoms with Crippen LogP contribution in [0.15, 0.2) is 74.2 Å². The Kier molecular flexibility index (Phi) is 7.44. The van der Waals surface area contributed by atoms with Crippen LogP contribution >= 0.6 is 55.1 Å². The van der Waals surface area contributed by atoms with E-state index in [4.69, 9.17) is 37.4 Å². The number of esters is 1. The highest BCUT2D eigenvalue weighted by atomic mass is 79.9. The van der Waals surface area contributed by atoms with Gasteiger partial charge < -0.3 is 14.2 Å². The number of cyclic esters (lactones) is 1. The highest BCUT2D eigenvalue weighted by Crippen LogP contribution is 2.38. The fourth-order valence-electron chi connectivity index (χ4n) is 3.04. The van der Waals surface area contributed by atoms with Gasteiger partial charge in [0.15, 0.2) is 17.2 Å². The Balaban J connectivity index is 1.60. The second-order valence-corrected chi connectivity index (χ2v) is 9.52. The summed E-state index contributed by atoms with van der Waals surface area (Å²) in [7, 11) is 1.55. The van der Waals surface area contributed by atoms with E-state index >= 15 is 0 Å². The third kappa shape index (κ3) is 5.61. The first-order valence-electron chi connectivity index (χ1n) is 9.57. The minimum Gasteiger partial charge on any atom is -0.493 e. The maximum absolute atomic E-state index is 12.4. The first-order chi connectivity index (χ1) is 15.8. The third-order valence-electron chi connectivity index (χ3n) is 4.63. The largest absolute Gasteiger partial charge is 0.493 e. The van der Waals surface area contributed by atoms with Gasteiger partial charge in [-0.25, -0.2) is 9.79 Å². The van der Waals surface area contributed by atoms with Gasteiger partial charge in [0.05, 0.1) is 22.2 Å². The predicted octanol–water partition coefficient (Wildman–Crippen LogP) is 7.45. The van der Waals surface area contributed by atoms with Gasteiger partial charge in [-0.2, -0.15) is 0 Å². The van der Waals surface area contributed by atoms with E-state index in [2.05, 4.69) is 36.9 Å². The molecule has 0 unspecified atom stereocenters. The second-order valence-electron chi connectivity index (χ2n) is 6.91. The molecule has 0 fully saturated rings. The molecular weight excluding hydrogens is 597 g/mol. The quantitative estimate of drug-likeness (QED) is 0.215. The minimum absolute atomic E-state index is 0.119. The van der Waals surface area contributed by atoms with Gasteiger partial charge in [0.1, 0.15) is 6.61 Å². The van der Waals surface area contributed by atoms with Crippen LogP contribution in [0.5, 0.6) is 11.5 Å². The van der Waals surface area contributed by atoms with E-state index in [1.807, 2.05) is 30.3 Å². The van der Waals surface area contributed by atoms with Crippen molar-refractivity contribution in [3.63, 3.8) is 0 Å². The van der Waals surface area contributed by atoms with Crippen molar-refractivity contribution in [3.05, 3.63) is 96.0 Å². The van der Waals surface area contributed by atoms with Crippen LogP contribution in [-0.4, -0.2) is 19.0 Å². The number of benzene rings is 3. The van der Waals surface area contributed by atoms with Crippen LogP contribution in [0.4, 0.5) is 0 Å². The smallest absolute Gasteiger partial charge is 0.363 e. The van der Waals surface area contributed by atoms with Crippen LogP contribution < -0.4 is 9.47 Å². The minimum atomic E-state index is -0.582. The first-order valence-corrected chi connectivity index (χ1v) is 11.9. The summed E-state index contributed by atoms with van der Waals surface area (Å²) in [6.07, 6.45) is 1.60. The van der Waals surface area contributed by atoms with Crippen molar-refractivity contribution >= 4 is 73.0 Å². The van der Waals surface area contributed by atoms with Crippen molar-refractivity contribution in [2.24, 2.45) is 4.99 Å². The summed E-state index contributed by atoms with van der Waals surface area (Å²) in [5.41, 5.74) is 2.30. The predicted molar refractivity (Wildman–Crippen MR) is 136 cm³/mol. The normalized spacial score (nSPS) is 14.3. The summed E-state index contributed by atoms with van der Waals surface area (Å²) in [5, 5.41) is 0.816. The van der Waals surface area contributed by atoms with Gasteiger partial charge in [0, 0.05) is 9.50 Å². The van der Waals surface area contributed by atoms with Gasteiger partial charge in [-0.05, 0) is 75.6 Å². The molecule has 1 heterocycles. The molecule has 0 atom stereocenters. The van der Waals surface area contributed by atoms with Crippen LogP contribution in [0.2, 0.25) is 10.0 Å². The molecule has 3 aromatic carbocycles. The molecule has 0 radical (unpaired) electrons. The number of hydrogen-bond donors (Lipinski definition) is 0. The highest BCUT2D eigenvalue weighted by molar-refractivity contribution is 9.10. The molecule has 0 saturated heterocycles. The van der Waals surface area contributed by atoms with Crippen LogP contribution in [0.25, 0.3) is 6.08 Å². The maximum Gasteiger partial charge on any atom is 0.363 e. The Hall–Kier alpha value is -2.32. The number of carbonyl (C=O) groups is 1. The van der Waals surface area contributed by atoms with Crippen molar-refractivity contribution in [1.29, 1.82) is 0 Å². The fraction of sp³-hybridized carbons (Fsp3) is 0.0833. The number of halogens is 4. The molecule has 4 rings (SSSR count). The standard InChI is InChI=1S/C24H15Br2Cl2NO4/c1-31-21-10-14(8-18(26)22(21)32-12-13-2-4-15(25)5-3-13)9-20-24(30)33-23(29-20)17-7-6-16(27)11-19(17)28/h2-11H,12H2,1H3/b20-9-. The molecular formula is C24H15Br2Cl2NO4. The average Bonchev–Trinajstić information content (AvgIpc) is 3.13. The van der Waals surface area contributed by atoms with Crippen LogP contribution in [0.1, 0.15) is 16.7 Å². The average molecular weight is 612 g/mol. The van der Waals surface area contributed by atoms with E-state index in [1.165, 1.54) is 0 Å². The Labute approximate surface area is 217 Å². The summed E-state index contributed by atoms with van der Waals surface area (Å²) in [6, 6.07) is 16.3. The zero-order valence-electron chi connectivity index (χ0n) is 17.1. The van der Waals surface area contributed by atoms with Gasteiger partial charge in [-0.15, -0.1) is 0 Å². The van der Waals surface area contributed by atoms with E-state index in [0.29, 0.717) is 43.8 Å². The SMILES string of the molecule is COc1cc(/C=C2\N=C(c3ccc(Cl)cc3Cl)OC2=O)cc(Br)c1OCc1ccc(Br)cc1. The molecule has 168 valence electrons. The lowest BCUT2D eigenvalue weighted by Crippen LogP contribution is -2.05. The van der Waals surface area contributed by atoms with Gasteiger partial charge >= 0.3 is 5.97 Å². The van der Waals surface area contributed by atoms with E-state index in [-0.39, 0.29) is 11.6 Å². The summed E-state index contributed by atoms with van der Waals surface area (Å²) in [5.74, 6) is 0.591. The van der Waals surface area contributed by atoms with Crippen LogP contribution in [0, 0.1) is 0 Å². The molecule has 1 aliphatic heterocycles. The van der Waals surface area contributed by atoms with E-state index in [0.717, 1.165) is 10.0 Å². The number of nitrogens with zero attached hydrogens (tertiary/aromatic N) is 1. The Bertz CT molecular complexity index is 1290. The van der Waals surface area contributed by atoms with E-state index in [1.54, 1.807) is 37.5 Å². The maximum atomic E-state index is 12.4. The Morgan fingerprint density at radius 3 is 2.52 bits per heavy atom. The molecule has 9 heteroatoms. The molecule has 0 aromatic heterocycles. The Morgan fingerprint density at radius 2 is 1.82 bits per heavy atom. The Morgan fingerprint density at radius 1 is 1.06 bits per heavy atom. The van der Waals surface area contributed by atoms with Crippen molar-refractivity contribution in [2.75, 3.05) is 7.11 Å². The number of ether oxygens (including phenoxy) is 3. The number of carbonyl (C=O) groups excluding carboxylic acids is 1. The van der Waals surface area contributed by atoms with Gasteiger partial charge in [0.25, 0.3) is 0 Å². The second kappa shape index (κ2) is 10.3. The van der Waals surface area contributed by atoms with Gasteiger partial charge in [-0.1, -0.05) is 51.3 Å². The third-order valence-corrected chi connectivity index (χ3v) is 6.30. The molecule has 0 spiro atoms. The lowest BCUT2D eigenvalue weighted by molar-refractivity contribution is -0.129. The summed E-state index contributed by atoms with van der Waals surface area (Å²) in [6.45, 7) is 0.366. The van der Waals surface area contributed by atoms with Crippen LogP contribution in [0.3, 0.4) is 0 Å². The van der Waals surface area contributed by atoms with Gasteiger partial charge in [-0.3, -0.25) is 0 Å². The molecule has 0 bridgehead atoms. The van der Waals surface area contributed by atoms with Crippen molar-refractivity contribution in [3.8, 4) is 11.5 Å². The highest BCUT2D eigenvalue weighted by Gasteiger charge is 2.26. The molecule has 0 N–H and O–H groups in total. The zero-order valence-corrected chi connectivity index (χ0v) is 21.8. The molecule has 0 saturated carbocycles. The summed E-state index contributed by atoms with van der Waals surface area (Å²) < 4.78 is 18.5. The lowest BCUT2D eigenvalue weighted by atomic mass is 10.1. The summed E-state index contributed by atoms with van der Waals surface area (Å²) in [4.78, 5) is 16.7. The van der Waals surface area contributed by atoms with E-state index in [9.17, 15) is 4.79 Å². The molecule has 1 aliphatic rings. The topological polar surface area (TPSA) is 57.1 Å². The van der Waals surface area contributed by atoms with Crippen molar-refractivity contribution < 1.29 is 19.0 Å². The van der Waals surface area contributed by atoms with Crippen molar-refractivity contribution in [2.45, 2.75) is 6.61 Å². The lowest BCUT2D eigenvalue weighted by Gasteiger charge is -2.14.